The molecule has 2 nitrogen and oxygen atoms in total. The van der Waals surface area contributed by atoms with Crippen LogP contribution in [0, 0.1) is 5.41 Å². The fourth-order valence-corrected chi connectivity index (χ4v) is 3.61. The molecule has 0 saturated carbocycles. The van der Waals surface area contributed by atoms with Crippen LogP contribution in [0.2, 0.25) is 0 Å². The Morgan fingerprint density at radius 1 is 1.33 bits per heavy atom. The van der Waals surface area contributed by atoms with Gasteiger partial charge in [-0.2, -0.15) is 11.8 Å². The van der Waals surface area contributed by atoms with Crippen LogP contribution < -0.4 is 0 Å². The maximum atomic E-state index is 9.42. The van der Waals surface area contributed by atoms with Crippen LogP contribution >= 0.6 is 11.8 Å². The van der Waals surface area contributed by atoms with E-state index in [9.17, 15) is 5.11 Å². The van der Waals surface area contributed by atoms with E-state index in [0.717, 1.165) is 23.5 Å². The zero-order valence-corrected chi connectivity index (χ0v) is 11.3. The van der Waals surface area contributed by atoms with E-state index >= 15 is 0 Å². The second-order valence-electron chi connectivity index (χ2n) is 5.27. The van der Waals surface area contributed by atoms with E-state index in [2.05, 4.69) is 44.4 Å². The van der Waals surface area contributed by atoms with Crippen molar-refractivity contribution in [2.75, 3.05) is 26.2 Å². The van der Waals surface area contributed by atoms with Gasteiger partial charge in [0.15, 0.2) is 0 Å². The van der Waals surface area contributed by atoms with Gasteiger partial charge in [0.05, 0.1) is 0 Å². The number of nitrogens with zero attached hydrogens (tertiary/aromatic N) is 1. The first-order valence-electron chi connectivity index (χ1n) is 5.98. The fourth-order valence-electron chi connectivity index (χ4n) is 2.23. The van der Waals surface area contributed by atoms with Gasteiger partial charge >= 0.3 is 0 Å². The van der Waals surface area contributed by atoms with Crippen LogP contribution in [0.15, 0.2) is 0 Å². The van der Waals surface area contributed by atoms with E-state index in [1.165, 1.54) is 13.1 Å². The molecule has 15 heavy (non-hydrogen) atoms. The zero-order valence-electron chi connectivity index (χ0n) is 10.5. The summed E-state index contributed by atoms with van der Waals surface area (Å²) in [6, 6.07) is 0. The van der Waals surface area contributed by atoms with Gasteiger partial charge in [-0.15, -0.1) is 0 Å². The van der Waals surface area contributed by atoms with E-state index < -0.39 is 0 Å². The van der Waals surface area contributed by atoms with Gasteiger partial charge in [0, 0.05) is 42.2 Å². The molecule has 1 aliphatic heterocycles. The third kappa shape index (κ3) is 3.97. The Bertz CT molecular complexity index is 184. The third-order valence-electron chi connectivity index (χ3n) is 3.34. The van der Waals surface area contributed by atoms with Crippen LogP contribution in [-0.4, -0.2) is 46.7 Å². The van der Waals surface area contributed by atoms with Crippen molar-refractivity contribution < 1.29 is 5.11 Å². The van der Waals surface area contributed by atoms with Gasteiger partial charge in [-0.3, -0.25) is 0 Å². The molecule has 90 valence electrons. The van der Waals surface area contributed by atoms with Crippen molar-refractivity contribution in [3.63, 3.8) is 0 Å². The lowest BCUT2D eigenvalue weighted by Gasteiger charge is -2.39. The Morgan fingerprint density at radius 3 is 2.27 bits per heavy atom. The number of hydrogen-bond acceptors (Lipinski definition) is 3. The fraction of sp³-hybridized carbons (Fsp3) is 1.00. The second kappa shape index (κ2) is 5.55. The molecule has 0 aromatic carbocycles. The summed E-state index contributed by atoms with van der Waals surface area (Å²) in [5.41, 5.74) is 0.0848. The van der Waals surface area contributed by atoms with E-state index in [1.807, 2.05) is 0 Å². The topological polar surface area (TPSA) is 23.5 Å². The van der Waals surface area contributed by atoms with Crippen molar-refractivity contribution in [3.8, 4) is 0 Å². The lowest BCUT2D eigenvalue weighted by Crippen LogP contribution is -2.46. The van der Waals surface area contributed by atoms with Gasteiger partial charge in [-0.1, -0.05) is 27.7 Å². The molecule has 3 unspecified atom stereocenters. The predicted molar refractivity (Wildman–Crippen MR) is 68.4 cm³/mol. The highest BCUT2D eigenvalue weighted by molar-refractivity contribution is 8.00. The minimum absolute atomic E-state index is 0.0848. The standard InChI is InChI=1S/C12H25NOS/c1-5-12(4,9-14)8-13-6-10(2)15-11(3)7-13/h10-11,14H,5-9H2,1-4H3. The summed E-state index contributed by atoms with van der Waals surface area (Å²) in [5, 5.41) is 10.9. The average molecular weight is 231 g/mol. The summed E-state index contributed by atoms with van der Waals surface area (Å²) in [7, 11) is 0. The van der Waals surface area contributed by atoms with Crippen LogP contribution in [0.5, 0.6) is 0 Å². The third-order valence-corrected chi connectivity index (χ3v) is 4.56. The second-order valence-corrected chi connectivity index (χ2v) is 7.16. The van der Waals surface area contributed by atoms with E-state index in [1.54, 1.807) is 0 Å². The summed E-state index contributed by atoms with van der Waals surface area (Å²) in [4.78, 5) is 2.52. The highest BCUT2D eigenvalue weighted by Crippen LogP contribution is 2.28. The van der Waals surface area contributed by atoms with Crippen LogP contribution in [0.25, 0.3) is 0 Å². The Morgan fingerprint density at radius 2 is 1.87 bits per heavy atom. The van der Waals surface area contributed by atoms with Crippen molar-refractivity contribution >= 4 is 11.8 Å². The zero-order chi connectivity index (χ0) is 11.5. The molecule has 3 heteroatoms. The summed E-state index contributed by atoms with van der Waals surface area (Å²) >= 11 is 2.08. The summed E-state index contributed by atoms with van der Waals surface area (Å²) < 4.78 is 0. The molecule has 0 radical (unpaired) electrons. The van der Waals surface area contributed by atoms with Crippen molar-refractivity contribution in [1.82, 2.24) is 4.90 Å². The number of aliphatic hydroxyl groups excluding tert-OH is 1. The number of rotatable bonds is 4. The molecule has 0 spiro atoms. The molecule has 1 heterocycles. The van der Waals surface area contributed by atoms with Crippen molar-refractivity contribution in [2.24, 2.45) is 5.41 Å². The lowest BCUT2D eigenvalue weighted by atomic mass is 9.88. The first kappa shape index (κ1) is 13.3. The molecule has 1 fully saturated rings. The number of hydrogen-bond donors (Lipinski definition) is 1. The lowest BCUT2D eigenvalue weighted by molar-refractivity contribution is 0.0838. The average Bonchev–Trinajstić information content (AvgIpc) is 2.16. The molecule has 1 rings (SSSR count). The molecular weight excluding hydrogens is 206 g/mol. The van der Waals surface area contributed by atoms with Gasteiger partial charge in [-0.25, -0.2) is 0 Å². The van der Waals surface area contributed by atoms with Crippen LogP contribution in [0.3, 0.4) is 0 Å². The van der Waals surface area contributed by atoms with Crippen molar-refractivity contribution in [2.45, 2.75) is 44.6 Å². The largest absolute Gasteiger partial charge is 0.396 e. The summed E-state index contributed by atoms with van der Waals surface area (Å²) in [6.45, 7) is 12.6. The highest BCUT2D eigenvalue weighted by atomic mass is 32.2. The minimum Gasteiger partial charge on any atom is -0.396 e. The van der Waals surface area contributed by atoms with Gasteiger partial charge in [-0.05, 0) is 6.42 Å². The smallest absolute Gasteiger partial charge is 0.0496 e. The predicted octanol–water partition coefficient (Wildman–Crippen LogP) is 2.22. The number of thioether (sulfide) groups is 1. The molecule has 0 aromatic heterocycles. The maximum absolute atomic E-state index is 9.42. The Labute approximate surface area is 98.4 Å². The maximum Gasteiger partial charge on any atom is 0.0496 e. The quantitative estimate of drug-likeness (QED) is 0.802. The summed E-state index contributed by atoms with van der Waals surface area (Å²) in [6.07, 6.45) is 1.05. The SMILES string of the molecule is CCC(C)(CO)CN1CC(C)SC(C)C1. The van der Waals surface area contributed by atoms with E-state index in [-0.39, 0.29) is 5.41 Å². The monoisotopic (exact) mass is 231 g/mol. The van der Waals surface area contributed by atoms with Crippen LogP contribution in [0.1, 0.15) is 34.1 Å². The normalized spacial score (nSPS) is 32.6. The molecular formula is C12H25NOS. The molecule has 3 atom stereocenters. The first-order valence-corrected chi connectivity index (χ1v) is 6.92. The van der Waals surface area contributed by atoms with Gasteiger partial charge in [0.2, 0.25) is 0 Å². The Balaban J connectivity index is 2.49. The van der Waals surface area contributed by atoms with Crippen LogP contribution in [0.4, 0.5) is 0 Å². The Hall–Kier alpha value is 0.270. The first-order chi connectivity index (χ1) is 6.99. The number of aliphatic hydroxyl groups is 1. The van der Waals surface area contributed by atoms with Crippen molar-refractivity contribution in [3.05, 3.63) is 0 Å². The highest BCUT2D eigenvalue weighted by Gasteiger charge is 2.29. The molecule has 1 N–H and O–H groups in total. The van der Waals surface area contributed by atoms with Gasteiger partial charge < -0.3 is 10.0 Å². The van der Waals surface area contributed by atoms with E-state index in [4.69, 9.17) is 0 Å². The van der Waals surface area contributed by atoms with Crippen molar-refractivity contribution in [1.29, 1.82) is 0 Å². The van der Waals surface area contributed by atoms with Crippen LogP contribution in [-0.2, 0) is 0 Å². The van der Waals surface area contributed by atoms with E-state index in [0.29, 0.717) is 6.61 Å². The molecule has 0 amide bonds. The molecule has 0 bridgehead atoms. The molecule has 1 saturated heterocycles. The molecule has 1 aliphatic rings. The minimum atomic E-state index is 0.0848. The summed E-state index contributed by atoms with van der Waals surface area (Å²) in [5.74, 6) is 0. The Kier molecular flexibility index (Phi) is 4.94. The molecule has 0 aliphatic carbocycles. The van der Waals surface area contributed by atoms with Gasteiger partial charge in [0.1, 0.15) is 0 Å². The van der Waals surface area contributed by atoms with Gasteiger partial charge in [0.25, 0.3) is 0 Å². The molecule has 0 aromatic rings.